The standard InChI is InChI=1S/C11H14BrNO/c12-9-4-3-5-10(8-9)14-11-6-1-2-7-13-11/h3-5,8,11,13H,1-2,6-7H2. The van der Waals surface area contributed by atoms with Crippen LogP contribution in [0.1, 0.15) is 19.3 Å². The molecule has 1 saturated heterocycles. The van der Waals surface area contributed by atoms with Crippen molar-refractivity contribution in [1.29, 1.82) is 0 Å². The third kappa shape index (κ3) is 2.72. The van der Waals surface area contributed by atoms with Gasteiger partial charge in [-0.05, 0) is 44.0 Å². The second-order valence-corrected chi connectivity index (χ2v) is 4.43. The van der Waals surface area contributed by atoms with Crippen molar-refractivity contribution in [1.82, 2.24) is 5.32 Å². The van der Waals surface area contributed by atoms with Gasteiger partial charge in [-0.25, -0.2) is 0 Å². The average Bonchev–Trinajstić information content (AvgIpc) is 2.19. The molecule has 0 aromatic heterocycles. The summed E-state index contributed by atoms with van der Waals surface area (Å²) in [5, 5.41) is 3.35. The number of halogens is 1. The topological polar surface area (TPSA) is 21.3 Å². The molecule has 76 valence electrons. The Morgan fingerprint density at radius 1 is 1.36 bits per heavy atom. The lowest BCUT2D eigenvalue weighted by atomic mass is 10.1. The third-order valence-corrected chi connectivity index (χ3v) is 2.83. The SMILES string of the molecule is Brc1cccc(OC2CCCCN2)c1. The maximum Gasteiger partial charge on any atom is 0.150 e. The van der Waals surface area contributed by atoms with Gasteiger partial charge in [0.25, 0.3) is 0 Å². The molecule has 1 aromatic carbocycles. The molecule has 1 unspecified atom stereocenters. The van der Waals surface area contributed by atoms with E-state index in [1.165, 1.54) is 12.8 Å². The monoisotopic (exact) mass is 255 g/mol. The predicted molar refractivity (Wildman–Crippen MR) is 60.4 cm³/mol. The molecule has 0 amide bonds. The number of hydrogen-bond acceptors (Lipinski definition) is 2. The summed E-state index contributed by atoms with van der Waals surface area (Å²) < 4.78 is 6.86. The minimum atomic E-state index is 0.193. The van der Waals surface area contributed by atoms with Crippen molar-refractivity contribution in [2.24, 2.45) is 0 Å². The fourth-order valence-corrected chi connectivity index (χ4v) is 2.00. The Kier molecular flexibility index (Phi) is 3.43. The number of rotatable bonds is 2. The molecule has 0 bridgehead atoms. The van der Waals surface area contributed by atoms with Crippen LogP contribution in [0.15, 0.2) is 28.7 Å². The van der Waals surface area contributed by atoms with Gasteiger partial charge >= 0.3 is 0 Å². The molecule has 0 spiro atoms. The molecule has 14 heavy (non-hydrogen) atoms. The first-order chi connectivity index (χ1) is 6.84. The van der Waals surface area contributed by atoms with Gasteiger partial charge in [0.2, 0.25) is 0 Å². The van der Waals surface area contributed by atoms with E-state index in [1.807, 2.05) is 24.3 Å². The second-order valence-electron chi connectivity index (χ2n) is 3.51. The van der Waals surface area contributed by atoms with Gasteiger partial charge in [-0.15, -0.1) is 0 Å². The van der Waals surface area contributed by atoms with E-state index in [9.17, 15) is 0 Å². The second kappa shape index (κ2) is 4.80. The minimum Gasteiger partial charge on any atom is -0.475 e. The van der Waals surface area contributed by atoms with E-state index in [0.29, 0.717) is 0 Å². The summed E-state index contributed by atoms with van der Waals surface area (Å²) in [5.74, 6) is 0.929. The molecule has 1 aliphatic rings. The highest BCUT2D eigenvalue weighted by Gasteiger charge is 2.13. The molecular formula is C11H14BrNO. The fourth-order valence-electron chi connectivity index (χ4n) is 1.63. The molecule has 2 nitrogen and oxygen atoms in total. The minimum absolute atomic E-state index is 0.193. The molecule has 1 aromatic rings. The summed E-state index contributed by atoms with van der Waals surface area (Å²) in [6.07, 6.45) is 3.81. The zero-order valence-corrected chi connectivity index (χ0v) is 9.59. The molecule has 0 saturated carbocycles. The van der Waals surface area contributed by atoms with Gasteiger partial charge in [0.15, 0.2) is 0 Å². The highest BCUT2D eigenvalue weighted by atomic mass is 79.9. The molecule has 2 rings (SSSR count). The van der Waals surface area contributed by atoms with E-state index >= 15 is 0 Å². The van der Waals surface area contributed by atoms with Crippen molar-refractivity contribution < 1.29 is 4.74 Å². The average molecular weight is 256 g/mol. The quantitative estimate of drug-likeness (QED) is 0.878. The lowest BCUT2D eigenvalue weighted by molar-refractivity contribution is 0.132. The molecule has 0 radical (unpaired) electrons. The van der Waals surface area contributed by atoms with Gasteiger partial charge < -0.3 is 4.74 Å². The van der Waals surface area contributed by atoms with Crippen LogP contribution < -0.4 is 10.1 Å². The lowest BCUT2D eigenvalue weighted by Gasteiger charge is -2.24. The van der Waals surface area contributed by atoms with E-state index in [0.717, 1.165) is 23.2 Å². The maximum absolute atomic E-state index is 5.80. The summed E-state index contributed by atoms with van der Waals surface area (Å²) in [6.45, 7) is 1.07. The molecule has 1 fully saturated rings. The molecule has 1 heterocycles. The van der Waals surface area contributed by atoms with Gasteiger partial charge in [-0.3, -0.25) is 5.32 Å². The van der Waals surface area contributed by atoms with Gasteiger partial charge in [0.05, 0.1) is 0 Å². The molecule has 3 heteroatoms. The summed E-state index contributed by atoms with van der Waals surface area (Å²) in [6, 6.07) is 7.97. The van der Waals surface area contributed by atoms with Crippen molar-refractivity contribution in [3.05, 3.63) is 28.7 Å². The van der Waals surface area contributed by atoms with Crippen LogP contribution in [0.5, 0.6) is 5.75 Å². The van der Waals surface area contributed by atoms with Crippen LogP contribution in [0.3, 0.4) is 0 Å². The van der Waals surface area contributed by atoms with Crippen LogP contribution >= 0.6 is 15.9 Å². The summed E-state index contributed by atoms with van der Waals surface area (Å²) in [5.41, 5.74) is 0. The zero-order valence-electron chi connectivity index (χ0n) is 8.00. The zero-order chi connectivity index (χ0) is 9.80. The molecular weight excluding hydrogens is 242 g/mol. The number of hydrogen-bond donors (Lipinski definition) is 1. The van der Waals surface area contributed by atoms with Crippen LogP contribution in [0.2, 0.25) is 0 Å². The van der Waals surface area contributed by atoms with Gasteiger partial charge in [-0.1, -0.05) is 22.0 Å². The summed E-state index contributed by atoms with van der Waals surface area (Å²) in [7, 11) is 0. The van der Waals surface area contributed by atoms with Gasteiger partial charge in [-0.2, -0.15) is 0 Å². The Hall–Kier alpha value is -0.540. The Morgan fingerprint density at radius 2 is 2.29 bits per heavy atom. The van der Waals surface area contributed by atoms with Crippen molar-refractivity contribution >= 4 is 15.9 Å². The molecule has 1 atom stereocenters. The Bertz CT molecular complexity index is 297. The van der Waals surface area contributed by atoms with Crippen molar-refractivity contribution in [2.75, 3.05) is 6.54 Å². The predicted octanol–water partition coefficient (Wildman–Crippen LogP) is 2.93. The van der Waals surface area contributed by atoms with Gasteiger partial charge in [0.1, 0.15) is 12.0 Å². The molecule has 0 aliphatic carbocycles. The van der Waals surface area contributed by atoms with Crippen molar-refractivity contribution in [3.8, 4) is 5.75 Å². The van der Waals surface area contributed by atoms with Crippen LogP contribution in [-0.2, 0) is 0 Å². The van der Waals surface area contributed by atoms with E-state index in [2.05, 4.69) is 21.2 Å². The maximum atomic E-state index is 5.80. The summed E-state index contributed by atoms with van der Waals surface area (Å²) >= 11 is 3.43. The van der Waals surface area contributed by atoms with E-state index in [4.69, 9.17) is 4.74 Å². The van der Waals surface area contributed by atoms with Crippen molar-refractivity contribution in [2.45, 2.75) is 25.5 Å². The molecule has 1 aliphatic heterocycles. The van der Waals surface area contributed by atoms with Crippen LogP contribution in [0.25, 0.3) is 0 Å². The number of nitrogens with one attached hydrogen (secondary N) is 1. The van der Waals surface area contributed by atoms with E-state index in [-0.39, 0.29) is 6.23 Å². The number of piperidine rings is 1. The highest BCUT2D eigenvalue weighted by Crippen LogP contribution is 2.20. The Labute approximate surface area is 92.8 Å². The first kappa shape index (κ1) is 9.99. The van der Waals surface area contributed by atoms with Crippen LogP contribution in [0, 0.1) is 0 Å². The van der Waals surface area contributed by atoms with Crippen LogP contribution in [-0.4, -0.2) is 12.8 Å². The Balaban J connectivity index is 1.95. The fraction of sp³-hybridized carbons (Fsp3) is 0.455. The summed E-state index contributed by atoms with van der Waals surface area (Å²) in [4.78, 5) is 0. The van der Waals surface area contributed by atoms with E-state index < -0.39 is 0 Å². The van der Waals surface area contributed by atoms with Crippen molar-refractivity contribution in [3.63, 3.8) is 0 Å². The first-order valence-electron chi connectivity index (χ1n) is 5.00. The number of ether oxygens (including phenoxy) is 1. The highest BCUT2D eigenvalue weighted by molar-refractivity contribution is 9.10. The Morgan fingerprint density at radius 3 is 3.00 bits per heavy atom. The lowest BCUT2D eigenvalue weighted by Crippen LogP contribution is -2.38. The van der Waals surface area contributed by atoms with Gasteiger partial charge in [0, 0.05) is 4.47 Å². The normalized spacial score (nSPS) is 21.9. The third-order valence-electron chi connectivity index (χ3n) is 2.34. The van der Waals surface area contributed by atoms with E-state index in [1.54, 1.807) is 0 Å². The first-order valence-corrected chi connectivity index (χ1v) is 5.79. The number of benzene rings is 1. The van der Waals surface area contributed by atoms with Crippen LogP contribution in [0.4, 0.5) is 0 Å². The smallest absolute Gasteiger partial charge is 0.150 e. The largest absolute Gasteiger partial charge is 0.475 e. The molecule has 1 N–H and O–H groups in total.